The Labute approximate surface area is 127 Å². The van der Waals surface area contributed by atoms with Crippen LogP contribution in [0.25, 0.3) is 10.9 Å². The molecule has 0 saturated heterocycles. The van der Waals surface area contributed by atoms with E-state index in [9.17, 15) is 4.79 Å². The highest BCUT2D eigenvalue weighted by molar-refractivity contribution is 6.35. The van der Waals surface area contributed by atoms with Gasteiger partial charge in [-0.2, -0.15) is 0 Å². The summed E-state index contributed by atoms with van der Waals surface area (Å²) in [4.78, 5) is 15.6. The lowest BCUT2D eigenvalue weighted by molar-refractivity contribution is 0.0993. The van der Waals surface area contributed by atoms with E-state index in [2.05, 4.69) is 4.98 Å². The first-order valence-corrected chi connectivity index (χ1v) is 6.99. The fourth-order valence-electron chi connectivity index (χ4n) is 2.47. The van der Waals surface area contributed by atoms with Crippen LogP contribution in [0.15, 0.2) is 48.7 Å². The second-order valence-electron chi connectivity index (χ2n) is 4.78. The van der Waals surface area contributed by atoms with E-state index >= 15 is 0 Å². The summed E-state index contributed by atoms with van der Waals surface area (Å²) in [6.45, 7) is 0. The molecule has 0 spiro atoms. The summed E-state index contributed by atoms with van der Waals surface area (Å²) in [5.74, 6) is 0.761. The van der Waals surface area contributed by atoms with E-state index in [0.29, 0.717) is 17.0 Å². The number of nitrogens with one attached hydrogen (secondary N) is 1. The van der Waals surface area contributed by atoms with Gasteiger partial charge in [0.25, 0.3) is 0 Å². The summed E-state index contributed by atoms with van der Waals surface area (Å²) in [6.07, 6.45) is 2.01. The molecule has 3 nitrogen and oxygen atoms in total. The number of aromatic amines is 1. The summed E-state index contributed by atoms with van der Waals surface area (Å²) in [5, 5.41) is 1.46. The van der Waals surface area contributed by atoms with Gasteiger partial charge < -0.3 is 9.72 Å². The van der Waals surface area contributed by atoms with Crippen molar-refractivity contribution in [2.24, 2.45) is 0 Å². The second kappa shape index (κ2) is 5.62. The molecule has 0 amide bonds. The van der Waals surface area contributed by atoms with E-state index in [1.54, 1.807) is 19.4 Å². The number of carbonyl (C=O) groups excluding carboxylic acids is 1. The Morgan fingerprint density at radius 2 is 2.00 bits per heavy atom. The van der Waals surface area contributed by atoms with Crippen molar-refractivity contribution in [3.63, 3.8) is 0 Å². The number of carbonyl (C=O) groups is 1. The first kappa shape index (κ1) is 13.7. The number of aromatic nitrogens is 1. The molecular weight excluding hydrogens is 286 g/mol. The van der Waals surface area contributed by atoms with Crippen LogP contribution >= 0.6 is 11.6 Å². The van der Waals surface area contributed by atoms with Gasteiger partial charge in [-0.1, -0.05) is 41.9 Å². The van der Waals surface area contributed by atoms with E-state index in [4.69, 9.17) is 16.3 Å². The van der Waals surface area contributed by atoms with E-state index in [1.165, 1.54) is 0 Å². The average Bonchev–Trinajstić information content (AvgIpc) is 2.93. The van der Waals surface area contributed by atoms with Gasteiger partial charge in [-0.05, 0) is 12.1 Å². The standard InChI is InChI=1S/C17H14ClNO2/c1-21-16-8-3-2-5-11(16)9-15(20)13-10-19-17-12(13)6-4-7-14(17)18/h2-8,10,19H,9H2,1H3. The van der Waals surface area contributed by atoms with Crippen LogP contribution < -0.4 is 4.74 Å². The normalized spacial score (nSPS) is 10.8. The maximum Gasteiger partial charge on any atom is 0.169 e. The molecule has 1 aromatic heterocycles. The zero-order valence-electron chi connectivity index (χ0n) is 11.5. The Kier molecular flexibility index (Phi) is 3.67. The van der Waals surface area contributed by atoms with Crippen LogP contribution in [0.1, 0.15) is 15.9 Å². The van der Waals surface area contributed by atoms with Crippen LogP contribution in [0.2, 0.25) is 5.02 Å². The predicted octanol–water partition coefficient (Wildman–Crippen LogP) is 4.26. The molecule has 0 fully saturated rings. The number of hydrogen-bond donors (Lipinski definition) is 1. The first-order valence-electron chi connectivity index (χ1n) is 6.61. The Bertz CT molecular complexity index is 807. The highest BCUT2D eigenvalue weighted by Crippen LogP contribution is 2.27. The van der Waals surface area contributed by atoms with Crippen molar-refractivity contribution in [1.29, 1.82) is 0 Å². The Morgan fingerprint density at radius 1 is 1.19 bits per heavy atom. The number of H-pyrrole nitrogens is 1. The zero-order valence-corrected chi connectivity index (χ0v) is 12.3. The zero-order chi connectivity index (χ0) is 14.8. The highest BCUT2D eigenvalue weighted by Gasteiger charge is 2.15. The Morgan fingerprint density at radius 3 is 2.81 bits per heavy atom. The number of rotatable bonds is 4. The van der Waals surface area contributed by atoms with E-state index < -0.39 is 0 Å². The summed E-state index contributed by atoms with van der Waals surface area (Å²) in [7, 11) is 1.61. The molecule has 1 N–H and O–H groups in total. The van der Waals surface area contributed by atoms with Crippen LogP contribution in [-0.2, 0) is 6.42 Å². The molecule has 4 heteroatoms. The summed E-state index contributed by atoms with van der Waals surface area (Å²) in [5.41, 5.74) is 2.32. The van der Waals surface area contributed by atoms with Gasteiger partial charge in [-0.15, -0.1) is 0 Å². The SMILES string of the molecule is COc1ccccc1CC(=O)c1c[nH]c2c(Cl)cccc12. The smallest absolute Gasteiger partial charge is 0.169 e. The van der Waals surface area contributed by atoms with E-state index in [0.717, 1.165) is 22.2 Å². The number of para-hydroxylation sites is 2. The van der Waals surface area contributed by atoms with E-state index in [1.807, 2.05) is 36.4 Å². The molecular formula is C17H14ClNO2. The summed E-state index contributed by atoms with van der Waals surface area (Å²) >= 11 is 6.12. The molecule has 0 unspecified atom stereocenters. The third kappa shape index (κ3) is 2.52. The molecule has 0 aliphatic carbocycles. The van der Waals surface area contributed by atoms with Crippen molar-refractivity contribution in [3.8, 4) is 5.75 Å². The largest absolute Gasteiger partial charge is 0.496 e. The third-order valence-electron chi connectivity index (χ3n) is 3.51. The Balaban J connectivity index is 1.96. The molecule has 0 atom stereocenters. The minimum atomic E-state index is 0.0352. The highest BCUT2D eigenvalue weighted by atomic mass is 35.5. The third-order valence-corrected chi connectivity index (χ3v) is 3.82. The molecule has 1 heterocycles. The predicted molar refractivity (Wildman–Crippen MR) is 84.3 cm³/mol. The van der Waals surface area contributed by atoms with Gasteiger partial charge in [0.2, 0.25) is 0 Å². The summed E-state index contributed by atoms with van der Waals surface area (Å²) < 4.78 is 5.29. The topological polar surface area (TPSA) is 42.1 Å². The number of ether oxygens (including phenoxy) is 1. The fourth-order valence-corrected chi connectivity index (χ4v) is 2.69. The van der Waals surface area contributed by atoms with Crippen molar-refractivity contribution in [1.82, 2.24) is 4.98 Å². The number of hydrogen-bond acceptors (Lipinski definition) is 2. The quantitative estimate of drug-likeness (QED) is 0.732. The lowest BCUT2D eigenvalue weighted by Crippen LogP contribution is -2.04. The second-order valence-corrected chi connectivity index (χ2v) is 5.18. The Hall–Kier alpha value is -2.26. The fraction of sp³-hybridized carbons (Fsp3) is 0.118. The van der Waals surface area contributed by atoms with Crippen molar-refractivity contribution in [2.45, 2.75) is 6.42 Å². The van der Waals surface area contributed by atoms with Crippen molar-refractivity contribution < 1.29 is 9.53 Å². The lowest BCUT2D eigenvalue weighted by atomic mass is 10.0. The van der Waals surface area contributed by atoms with Crippen LogP contribution in [0.3, 0.4) is 0 Å². The average molecular weight is 300 g/mol. The van der Waals surface area contributed by atoms with Gasteiger partial charge >= 0.3 is 0 Å². The monoisotopic (exact) mass is 299 g/mol. The van der Waals surface area contributed by atoms with Gasteiger partial charge in [0.1, 0.15) is 5.75 Å². The minimum Gasteiger partial charge on any atom is -0.496 e. The lowest BCUT2D eigenvalue weighted by Gasteiger charge is -2.07. The summed E-state index contributed by atoms with van der Waals surface area (Å²) in [6, 6.07) is 13.1. The maximum absolute atomic E-state index is 12.5. The van der Waals surface area contributed by atoms with Gasteiger partial charge in [0, 0.05) is 29.1 Å². The van der Waals surface area contributed by atoms with Crippen LogP contribution in [0, 0.1) is 0 Å². The molecule has 0 aliphatic heterocycles. The van der Waals surface area contributed by atoms with Gasteiger partial charge in [0.05, 0.1) is 17.6 Å². The molecule has 0 saturated carbocycles. The van der Waals surface area contributed by atoms with Crippen molar-refractivity contribution in [3.05, 3.63) is 64.8 Å². The number of ketones is 1. The van der Waals surface area contributed by atoms with E-state index in [-0.39, 0.29) is 5.78 Å². The van der Waals surface area contributed by atoms with Crippen molar-refractivity contribution in [2.75, 3.05) is 7.11 Å². The number of halogens is 1. The van der Waals surface area contributed by atoms with Gasteiger partial charge in [-0.3, -0.25) is 4.79 Å². The van der Waals surface area contributed by atoms with Crippen LogP contribution in [-0.4, -0.2) is 17.9 Å². The first-order chi connectivity index (χ1) is 10.2. The van der Waals surface area contributed by atoms with Gasteiger partial charge in [0.15, 0.2) is 5.78 Å². The molecule has 3 rings (SSSR count). The molecule has 0 bridgehead atoms. The number of Topliss-reactive ketones (excluding diaryl/α,β-unsaturated/α-hetero) is 1. The number of benzene rings is 2. The minimum absolute atomic E-state index is 0.0352. The van der Waals surface area contributed by atoms with Crippen LogP contribution in [0.5, 0.6) is 5.75 Å². The molecule has 21 heavy (non-hydrogen) atoms. The number of methoxy groups -OCH3 is 1. The van der Waals surface area contributed by atoms with Gasteiger partial charge in [-0.25, -0.2) is 0 Å². The van der Waals surface area contributed by atoms with Crippen LogP contribution in [0.4, 0.5) is 0 Å². The molecule has 3 aromatic rings. The molecule has 0 aliphatic rings. The van der Waals surface area contributed by atoms with Crippen molar-refractivity contribution >= 4 is 28.3 Å². The maximum atomic E-state index is 12.5. The molecule has 2 aromatic carbocycles. The molecule has 106 valence electrons. The number of fused-ring (bicyclic) bond motifs is 1. The molecule has 0 radical (unpaired) electrons.